The third-order valence-electron chi connectivity index (χ3n) is 6.11. The predicted molar refractivity (Wildman–Crippen MR) is 145 cm³/mol. The number of aryl methyl sites for hydroxylation is 3. The summed E-state index contributed by atoms with van der Waals surface area (Å²) >= 11 is 0. The van der Waals surface area contributed by atoms with Crippen molar-refractivity contribution in [3.8, 4) is 0 Å². The first-order valence-corrected chi connectivity index (χ1v) is 12.9. The molecule has 0 aliphatic heterocycles. The molecule has 2 aromatic heterocycles. The number of aromatic nitrogens is 3. The molecule has 1 amide bonds. The molecular weight excluding hydrogens is 436 g/mol. The molecule has 2 aromatic carbocycles. The normalized spacial score (nSPS) is 11.8. The summed E-state index contributed by atoms with van der Waals surface area (Å²) in [6.07, 6.45) is 4.14. The van der Waals surface area contributed by atoms with Gasteiger partial charge in [-0.05, 0) is 49.9 Å². The number of amides is 1. The topological polar surface area (TPSA) is 68.4 Å². The quantitative estimate of drug-likeness (QED) is 0.318. The van der Waals surface area contributed by atoms with Gasteiger partial charge in [-0.2, -0.15) is 4.98 Å². The van der Waals surface area contributed by atoms with Crippen molar-refractivity contribution < 1.29 is 4.79 Å². The Hall–Kier alpha value is -3.41. The standard InChI is InChI=1S/C27H32N4O2.C2H6/c1-5-10-19-16-18(4)14-15-22(19)28-27(33)23(7-3)31-24-13-9-8-12-21(24)26-29-25(32)17-20(11-6-2)30(26)31;1-2/h8-9,12-17,23H,5-7,10-11H2,1-4H3,(H,28,33);1-2H3. The Labute approximate surface area is 208 Å². The zero-order valence-electron chi connectivity index (χ0n) is 21.9. The van der Waals surface area contributed by atoms with Crippen molar-refractivity contribution in [3.05, 3.63) is 75.7 Å². The molecule has 0 bridgehead atoms. The van der Waals surface area contributed by atoms with E-state index in [0.29, 0.717) is 12.1 Å². The average molecular weight is 475 g/mol. The summed E-state index contributed by atoms with van der Waals surface area (Å²) in [5.41, 5.74) is 5.33. The number of hydrogen-bond acceptors (Lipinski definition) is 3. The van der Waals surface area contributed by atoms with Crippen molar-refractivity contribution in [1.29, 1.82) is 0 Å². The minimum Gasteiger partial charge on any atom is -0.324 e. The molecule has 0 aliphatic carbocycles. The van der Waals surface area contributed by atoms with Gasteiger partial charge >= 0.3 is 0 Å². The molecule has 4 rings (SSSR count). The van der Waals surface area contributed by atoms with Crippen LogP contribution >= 0.6 is 0 Å². The van der Waals surface area contributed by atoms with Crippen LogP contribution in [0.15, 0.2) is 53.3 Å². The molecule has 4 aromatic rings. The van der Waals surface area contributed by atoms with Crippen LogP contribution in [0.4, 0.5) is 5.69 Å². The first-order chi connectivity index (χ1) is 17.0. The molecule has 6 nitrogen and oxygen atoms in total. The lowest BCUT2D eigenvalue weighted by Crippen LogP contribution is -2.29. The maximum Gasteiger partial charge on any atom is 0.273 e. The molecule has 0 spiro atoms. The summed E-state index contributed by atoms with van der Waals surface area (Å²) in [6, 6.07) is 15.2. The number of nitrogens with one attached hydrogen (secondary N) is 1. The summed E-state index contributed by atoms with van der Waals surface area (Å²) in [4.78, 5) is 30.4. The Balaban J connectivity index is 0.00000167. The van der Waals surface area contributed by atoms with Crippen LogP contribution in [0.25, 0.3) is 16.6 Å². The van der Waals surface area contributed by atoms with Crippen molar-refractivity contribution >= 4 is 28.1 Å². The minimum absolute atomic E-state index is 0.0671. The molecule has 0 saturated carbocycles. The lowest BCUT2D eigenvalue weighted by Gasteiger charge is -2.22. The molecule has 1 atom stereocenters. The summed E-state index contributed by atoms with van der Waals surface area (Å²) < 4.78 is 4.00. The van der Waals surface area contributed by atoms with E-state index in [1.54, 1.807) is 6.07 Å². The van der Waals surface area contributed by atoms with Gasteiger partial charge in [0.25, 0.3) is 5.56 Å². The highest BCUT2D eigenvalue weighted by Gasteiger charge is 2.26. The molecular formula is C29H38N4O2. The highest BCUT2D eigenvalue weighted by atomic mass is 16.2. The first kappa shape index (κ1) is 26.2. The molecule has 186 valence electrons. The number of carbonyl (C=O) groups excluding carboxylic acids is 1. The third-order valence-corrected chi connectivity index (χ3v) is 6.11. The Morgan fingerprint density at radius 2 is 1.71 bits per heavy atom. The highest BCUT2D eigenvalue weighted by Crippen LogP contribution is 2.28. The van der Waals surface area contributed by atoms with E-state index in [1.165, 1.54) is 5.56 Å². The molecule has 1 N–H and O–H groups in total. The second kappa shape index (κ2) is 11.8. The highest BCUT2D eigenvalue weighted by molar-refractivity contribution is 5.98. The zero-order chi connectivity index (χ0) is 25.5. The number of para-hydroxylation sites is 1. The molecule has 0 aliphatic rings. The Morgan fingerprint density at radius 3 is 2.40 bits per heavy atom. The summed E-state index contributed by atoms with van der Waals surface area (Å²) in [7, 11) is 0. The van der Waals surface area contributed by atoms with Crippen molar-refractivity contribution in [2.24, 2.45) is 0 Å². The van der Waals surface area contributed by atoms with Gasteiger partial charge in [-0.15, -0.1) is 0 Å². The lowest BCUT2D eigenvalue weighted by atomic mass is 10.0. The second-order valence-corrected chi connectivity index (χ2v) is 8.66. The Bertz CT molecular complexity index is 1370. The van der Waals surface area contributed by atoms with Gasteiger partial charge in [0, 0.05) is 22.8 Å². The van der Waals surface area contributed by atoms with E-state index in [0.717, 1.165) is 53.5 Å². The molecule has 0 saturated heterocycles. The van der Waals surface area contributed by atoms with Gasteiger partial charge in [-0.25, -0.2) is 4.52 Å². The van der Waals surface area contributed by atoms with Gasteiger partial charge in [-0.1, -0.05) is 77.3 Å². The fraction of sp³-hybridized carbons (Fsp3) is 0.414. The van der Waals surface area contributed by atoms with Gasteiger partial charge in [0.1, 0.15) is 6.04 Å². The van der Waals surface area contributed by atoms with Crippen LogP contribution in [0, 0.1) is 6.92 Å². The molecule has 0 radical (unpaired) electrons. The van der Waals surface area contributed by atoms with Gasteiger partial charge < -0.3 is 5.32 Å². The molecule has 35 heavy (non-hydrogen) atoms. The summed E-state index contributed by atoms with van der Waals surface area (Å²) in [5, 5.41) is 4.07. The van der Waals surface area contributed by atoms with Gasteiger partial charge in [0.15, 0.2) is 5.65 Å². The summed E-state index contributed by atoms with van der Waals surface area (Å²) in [5.74, 6) is -0.0671. The van der Waals surface area contributed by atoms with E-state index in [9.17, 15) is 9.59 Å². The fourth-order valence-electron chi connectivity index (χ4n) is 4.66. The van der Waals surface area contributed by atoms with Crippen molar-refractivity contribution in [2.45, 2.75) is 79.7 Å². The predicted octanol–water partition coefficient (Wildman–Crippen LogP) is 6.48. The van der Waals surface area contributed by atoms with Crippen LogP contribution in [-0.4, -0.2) is 20.1 Å². The fourth-order valence-corrected chi connectivity index (χ4v) is 4.66. The molecule has 0 fully saturated rings. The number of fused-ring (bicyclic) bond motifs is 3. The molecule has 2 heterocycles. The van der Waals surface area contributed by atoms with Gasteiger partial charge in [0.2, 0.25) is 5.91 Å². The molecule has 1 unspecified atom stereocenters. The number of nitrogens with zero attached hydrogens (tertiary/aromatic N) is 3. The van der Waals surface area contributed by atoms with E-state index in [2.05, 4.69) is 37.1 Å². The van der Waals surface area contributed by atoms with Crippen molar-refractivity contribution in [3.63, 3.8) is 0 Å². The van der Waals surface area contributed by atoms with E-state index >= 15 is 0 Å². The SMILES string of the molecule is CC.CCCc1cc(C)ccc1NC(=O)C(CC)n1c2ccccc2c2nc(=O)cc(CCC)n21. The maximum atomic E-state index is 13.7. The van der Waals surface area contributed by atoms with Crippen LogP contribution in [0.1, 0.15) is 76.7 Å². The lowest BCUT2D eigenvalue weighted by molar-refractivity contribution is -0.119. The molecule has 6 heteroatoms. The average Bonchev–Trinajstić information content (AvgIpc) is 3.17. The monoisotopic (exact) mass is 474 g/mol. The number of anilines is 1. The number of hydrogen-bond donors (Lipinski definition) is 1. The summed E-state index contributed by atoms with van der Waals surface area (Å²) in [6.45, 7) is 12.3. The van der Waals surface area contributed by atoms with E-state index in [1.807, 2.05) is 66.4 Å². The van der Waals surface area contributed by atoms with E-state index in [4.69, 9.17) is 0 Å². The maximum absolute atomic E-state index is 13.7. The smallest absolute Gasteiger partial charge is 0.273 e. The van der Waals surface area contributed by atoms with Crippen LogP contribution in [0.2, 0.25) is 0 Å². The number of carbonyl (C=O) groups is 1. The van der Waals surface area contributed by atoms with Gasteiger partial charge in [-0.3, -0.25) is 14.3 Å². The Morgan fingerprint density at radius 1 is 1.00 bits per heavy atom. The van der Waals surface area contributed by atoms with Crippen LogP contribution in [-0.2, 0) is 17.6 Å². The van der Waals surface area contributed by atoms with Crippen LogP contribution in [0.3, 0.4) is 0 Å². The second-order valence-electron chi connectivity index (χ2n) is 8.66. The van der Waals surface area contributed by atoms with Crippen LogP contribution in [0.5, 0.6) is 0 Å². The van der Waals surface area contributed by atoms with E-state index < -0.39 is 6.04 Å². The first-order valence-electron chi connectivity index (χ1n) is 12.9. The number of benzene rings is 2. The largest absolute Gasteiger partial charge is 0.324 e. The third kappa shape index (κ3) is 5.31. The minimum atomic E-state index is -0.455. The number of rotatable bonds is 8. The zero-order valence-corrected chi connectivity index (χ0v) is 21.9. The van der Waals surface area contributed by atoms with Crippen molar-refractivity contribution in [1.82, 2.24) is 14.2 Å². The van der Waals surface area contributed by atoms with Crippen molar-refractivity contribution in [2.75, 3.05) is 5.32 Å². The van der Waals surface area contributed by atoms with Crippen LogP contribution < -0.4 is 10.9 Å². The Kier molecular flexibility index (Phi) is 8.85. The van der Waals surface area contributed by atoms with Gasteiger partial charge in [0.05, 0.1) is 5.52 Å². The van der Waals surface area contributed by atoms with E-state index in [-0.39, 0.29) is 11.5 Å².